The van der Waals surface area contributed by atoms with Gasteiger partial charge in [-0.1, -0.05) is 37.6 Å². The minimum atomic E-state index is 0.249. The predicted octanol–water partition coefficient (Wildman–Crippen LogP) is 3.22. The van der Waals surface area contributed by atoms with Gasteiger partial charge in [0.25, 0.3) is 0 Å². The highest BCUT2D eigenvalue weighted by Crippen LogP contribution is 2.34. The normalized spacial score (nSPS) is 11.1. The Hall–Kier alpha value is -1.77. The van der Waals surface area contributed by atoms with Gasteiger partial charge in [-0.2, -0.15) is 5.10 Å². The van der Waals surface area contributed by atoms with Crippen LogP contribution < -0.4 is 0 Å². The van der Waals surface area contributed by atoms with Crippen molar-refractivity contribution in [3.05, 3.63) is 35.4 Å². The third-order valence-electron chi connectivity index (χ3n) is 2.92. The molecule has 90 valence electrons. The molecule has 1 aromatic heterocycles. The van der Waals surface area contributed by atoms with Crippen LogP contribution in [0.2, 0.25) is 0 Å². The maximum atomic E-state index is 10.0. The molecular formula is C14H18N2O. The van der Waals surface area contributed by atoms with Crippen LogP contribution in [0, 0.1) is 6.92 Å². The van der Waals surface area contributed by atoms with Gasteiger partial charge in [0.1, 0.15) is 0 Å². The van der Waals surface area contributed by atoms with E-state index in [1.807, 2.05) is 12.1 Å². The first-order valence-corrected chi connectivity index (χ1v) is 5.83. The molecular weight excluding hydrogens is 212 g/mol. The molecule has 0 aliphatic heterocycles. The van der Waals surface area contributed by atoms with Crippen LogP contribution in [0.5, 0.6) is 5.88 Å². The zero-order valence-electron chi connectivity index (χ0n) is 10.7. The number of nitrogens with zero attached hydrogens (tertiary/aromatic N) is 2. The van der Waals surface area contributed by atoms with Gasteiger partial charge in [-0.3, -0.25) is 0 Å². The van der Waals surface area contributed by atoms with Crippen LogP contribution in [0.25, 0.3) is 11.3 Å². The molecule has 0 atom stereocenters. The Morgan fingerprint density at radius 3 is 2.59 bits per heavy atom. The van der Waals surface area contributed by atoms with Crippen molar-refractivity contribution in [3.63, 3.8) is 0 Å². The molecule has 0 saturated heterocycles. The summed E-state index contributed by atoms with van der Waals surface area (Å²) in [4.78, 5) is 0. The van der Waals surface area contributed by atoms with E-state index in [1.165, 1.54) is 10.2 Å². The Labute approximate surface area is 102 Å². The molecule has 1 heterocycles. The lowest BCUT2D eigenvalue weighted by Gasteiger charge is -2.06. The fraction of sp³-hybridized carbons (Fsp3) is 0.357. The molecule has 17 heavy (non-hydrogen) atoms. The van der Waals surface area contributed by atoms with Crippen molar-refractivity contribution in [3.8, 4) is 17.1 Å². The van der Waals surface area contributed by atoms with Gasteiger partial charge in [-0.25, -0.2) is 4.68 Å². The lowest BCUT2D eigenvalue weighted by atomic mass is 9.98. The fourth-order valence-corrected chi connectivity index (χ4v) is 2.07. The second kappa shape index (κ2) is 4.24. The summed E-state index contributed by atoms with van der Waals surface area (Å²) in [5, 5.41) is 14.4. The second-order valence-corrected chi connectivity index (χ2v) is 4.73. The van der Waals surface area contributed by atoms with E-state index in [9.17, 15) is 5.11 Å². The lowest BCUT2D eigenvalue weighted by molar-refractivity contribution is 0.412. The molecule has 0 bridgehead atoms. The zero-order chi connectivity index (χ0) is 12.6. The predicted molar refractivity (Wildman–Crippen MR) is 69.1 cm³/mol. The van der Waals surface area contributed by atoms with Crippen LogP contribution in [-0.4, -0.2) is 14.9 Å². The molecule has 0 aliphatic carbocycles. The molecule has 0 spiro atoms. The van der Waals surface area contributed by atoms with Crippen LogP contribution in [0.15, 0.2) is 24.3 Å². The number of rotatable bonds is 2. The molecule has 0 saturated carbocycles. The quantitative estimate of drug-likeness (QED) is 0.860. The molecule has 0 amide bonds. The summed E-state index contributed by atoms with van der Waals surface area (Å²) in [5.41, 5.74) is 4.05. The summed E-state index contributed by atoms with van der Waals surface area (Å²) < 4.78 is 1.53. The zero-order valence-corrected chi connectivity index (χ0v) is 10.7. The average molecular weight is 230 g/mol. The molecule has 0 unspecified atom stereocenters. The van der Waals surface area contributed by atoms with Gasteiger partial charge < -0.3 is 5.11 Å². The number of aryl methyl sites for hydroxylation is 2. The SMILES string of the molecule is Cc1cccc(-c2nn(C)c(O)c2C(C)C)c1. The summed E-state index contributed by atoms with van der Waals surface area (Å²) in [6.45, 7) is 6.19. The van der Waals surface area contributed by atoms with E-state index in [4.69, 9.17) is 0 Å². The molecule has 0 fully saturated rings. The van der Waals surface area contributed by atoms with Gasteiger partial charge in [0, 0.05) is 18.2 Å². The van der Waals surface area contributed by atoms with Gasteiger partial charge in [-0.15, -0.1) is 0 Å². The van der Waals surface area contributed by atoms with E-state index in [2.05, 4.69) is 38.0 Å². The van der Waals surface area contributed by atoms with Gasteiger partial charge in [0.2, 0.25) is 5.88 Å². The summed E-state index contributed by atoms with van der Waals surface area (Å²) in [6.07, 6.45) is 0. The second-order valence-electron chi connectivity index (χ2n) is 4.73. The number of hydrogen-bond donors (Lipinski definition) is 1. The Balaban J connectivity index is 2.63. The van der Waals surface area contributed by atoms with Gasteiger partial charge >= 0.3 is 0 Å². The third-order valence-corrected chi connectivity index (χ3v) is 2.92. The Bertz CT molecular complexity index is 541. The summed E-state index contributed by atoms with van der Waals surface area (Å²) in [5.74, 6) is 0.510. The minimum Gasteiger partial charge on any atom is -0.493 e. The highest BCUT2D eigenvalue weighted by Gasteiger charge is 2.19. The largest absolute Gasteiger partial charge is 0.493 e. The Kier molecular flexibility index (Phi) is 2.92. The topological polar surface area (TPSA) is 38.0 Å². The van der Waals surface area contributed by atoms with Crippen molar-refractivity contribution in [2.45, 2.75) is 26.7 Å². The molecule has 0 aliphatic rings. The van der Waals surface area contributed by atoms with E-state index >= 15 is 0 Å². The Morgan fingerprint density at radius 1 is 1.29 bits per heavy atom. The standard InChI is InChI=1S/C14H18N2O/c1-9(2)12-13(15-16(4)14(12)17)11-7-5-6-10(3)8-11/h5-9,17H,1-4H3. The average Bonchev–Trinajstić information content (AvgIpc) is 2.55. The van der Waals surface area contributed by atoms with Crippen LogP contribution in [0.3, 0.4) is 0 Å². The van der Waals surface area contributed by atoms with Gasteiger partial charge in [0.05, 0.1) is 5.69 Å². The first kappa shape index (κ1) is 11.7. The van der Waals surface area contributed by atoms with E-state index < -0.39 is 0 Å². The molecule has 2 aromatic rings. The number of aromatic nitrogens is 2. The maximum Gasteiger partial charge on any atom is 0.213 e. The van der Waals surface area contributed by atoms with E-state index in [0.717, 1.165) is 16.8 Å². The van der Waals surface area contributed by atoms with Crippen molar-refractivity contribution < 1.29 is 5.11 Å². The molecule has 2 rings (SSSR count). The van der Waals surface area contributed by atoms with Crippen LogP contribution in [-0.2, 0) is 7.05 Å². The number of aromatic hydroxyl groups is 1. The van der Waals surface area contributed by atoms with Gasteiger partial charge in [-0.05, 0) is 18.9 Å². The molecule has 3 heteroatoms. The first-order valence-electron chi connectivity index (χ1n) is 5.83. The van der Waals surface area contributed by atoms with Crippen molar-refractivity contribution in [2.75, 3.05) is 0 Å². The molecule has 1 N–H and O–H groups in total. The Morgan fingerprint density at radius 2 is 2.00 bits per heavy atom. The monoisotopic (exact) mass is 230 g/mol. The summed E-state index contributed by atoms with van der Waals surface area (Å²) in [7, 11) is 1.76. The van der Waals surface area contributed by atoms with E-state index in [0.29, 0.717) is 0 Å². The number of hydrogen-bond acceptors (Lipinski definition) is 2. The molecule has 3 nitrogen and oxygen atoms in total. The van der Waals surface area contributed by atoms with Gasteiger partial charge in [0.15, 0.2) is 0 Å². The number of benzene rings is 1. The highest BCUT2D eigenvalue weighted by molar-refractivity contribution is 5.66. The van der Waals surface area contributed by atoms with E-state index in [-0.39, 0.29) is 11.8 Å². The van der Waals surface area contributed by atoms with Crippen LogP contribution in [0.4, 0.5) is 0 Å². The smallest absolute Gasteiger partial charge is 0.213 e. The van der Waals surface area contributed by atoms with Crippen LogP contribution in [0.1, 0.15) is 30.9 Å². The summed E-state index contributed by atoms with van der Waals surface area (Å²) in [6, 6.07) is 8.19. The third kappa shape index (κ3) is 2.05. The fourth-order valence-electron chi connectivity index (χ4n) is 2.07. The molecule has 1 aromatic carbocycles. The minimum absolute atomic E-state index is 0.249. The van der Waals surface area contributed by atoms with Crippen molar-refractivity contribution >= 4 is 0 Å². The van der Waals surface area contributed by atoms with E-state index in [1.54, 1.807) is 7.05 Å². The lowest BCUT2D eigenvalue weighted by Crippen LogP contribution is -1.90. The highest BCUT2D eigenvalue weighted by atomic mass is 16.3. The first-order chi connectivity index (χ1) is 8.00. The molecule has 0 radical (unpaired) electrons. The maximum absolute atomic E-state index is 10.0. The van der Waals surface area contributed by atoms with Crippen LogP contribution >= 0.6 is 0 Å². The van der Waals surface area contributed by atoms with Crippen molar-refractivity contribution in [1.29, 1.82) is 0 Å². The van der Waals surface area contributed by atoms with Crippen molar-refractivity contribution in [1.82, 2.24) is 9.78 Å². The van der Waals surface area contributed by atoms with Crippen molar-refractivity contribution in [2.24, 2.45) is 7.05 Å². The summed E-state index contributed by atoms with van der Waals surface area (Å²) >= 11 is 0.